The molecule has 0 saturated heterocycles. The molecule has 1 N–H and O–H groups in total. The van der Waals surface area contributed by atoms with Crippen LogP contribution >= 0.6 is 0 Å². The quantitative estimate of drug-likeness (QED) is 0.735. The van der Waals surface area contributed by atoms with Gasteiger partial charge >= 0.3 is 0 Å². The predicted molar refractivity (Wildman–Crippen MR) is 105 cm³/mol. The monoisotopic (exact) mass is 390 g/mol. The number of nitrogens with one attached hydrogen (secondary N) is 1. The van der Waals surface area contributed by atoms with E-state index in [1.165, 1.54) is 45.5 Å². The molecule has 0 saturated carbocycles. The standard InChI is InChI=1S/C19H22N2O5S/c1-21(2)27(23,24)16-10-11-18(26-4)17(13-16)20-19(22)12-7-14-5-8-15(25-3)9-6-14/h5-13H,1-4H3,(H,20,22)/b12-7+. The lowest BCUT2D eigenvalue weighted by atomic mass is 10.2. The molecule has 0 spiro atoms. The Bertz CT molecular complexity index is 935. The lowest BCUT2D eigenvalue weighted by Gasteiger charge is -2.14. The summed E-state index contributed by atoms with van der Waals surface area (Å²) in [7, 11) is 2.28. The molecule has 27 heavy (non-hydrogen) atoms. The fourth-order valence-electron chi connectivity index (χ4n) is 2.22. The summed E-state index contributed by atoms with van der Waals surface area (Å²) in [6.45, 7) is 0. The van der Waals surface area contributed by atoms with E-state index in [2.05, 4.69) is 5.32 Å². The summed E-state index contributed by atoms with van der Waals surface area (Å²) < 4.78 is 35.9. The third-order valence-electron chi connectivity index (χ3n) is 3.75. The smallest absolute Gasteiger partial charge is 0.248 e. The van der Waals surface area contributed by atoms with Crippen LogP contribution in [0.25, 0.3) is 6.08 Å². The second kappa shape index (κ2) is 8.70. The Labute approximate surface area is 159 Å². The van der Waals surface area contributed by atoms with E-state index < -0.39 is 15.9 Å². The number of hydrogen-bond donors (Lipinski definition) is 1. The van der Waals surface area contributed by atoms with Gasteiger partial charge in [-0.05, 0) is 42.0 Å². The van der Waals surface area contributed by atoms with Crippen molar-refractivity contribution in [3.05, 3.63) is 54.1 Å². The molecule has 0 aromatic heterocycles. The molecule has 8 heteroatoms. The maximum Gasteiger partial charge on any atom is 0.248 e. The summed E-state index contributed by atoms with van der Waals surface area (Å²) in [5, 5.41) is 2.65. The molecule has 0 bridgehead atoms. The van der Waals surface area contributed by atoms with Crippen molar-refractivity contribution in [2.75, 3.05) is 33.6 Å². The Morgan fingerprint density at radius 1 is 1.04 bits per heavy atom. The molecule has 2 rings (SSSR count). The molecular formula is C19H22N2O5S. The van der Waals surface area contributed by atoms with Crippen LogP contribution in [0.2, 0.25) is 0 Å². The number of anilines is 1. The van der Waals surface area contributed by atoms with Crippen molar-refractivity contribution in [1.82, 2.24) is 4.31 Å². The molecule has 7 nitrogen and oxygen atoms in total. The Morgan fingerprint density at radius 3 is 2.26 bits per heavy atom. The number of hydrogen-bond acceptors (Lipinski definition) is 5. The molecule has 0 aliphatic rings. The van der Waals surface area contributed by atoms with E-state index >= 15 is 0 Å². The number of nitrogens with zero attached hydrogens (tertiary/aromatic N) is 1. The first-order valence-corrected chi connectivity index (χ1v) is 9.45. The zero-order chi connectivity index (χ0) is 20.0. The van der Waals surface area contributed by atoms with Gasteiger partial charge < -0.3 is 14.8 Å². The summed E-state index contributed by atoms with van der Waals surface area (Å²) in [5.41, 5.74) is 1.09. The summed E-state index contributed by atoms with van der Waals surface area (Å²) in [6.07, 6.45) is 3.00. The van der Waals surface area contributed by atoms with Gasteiger partial charge in [-0.25, -0.2) is 12.7 Å². The number of ether oxygens (including phenoxy) is 2. The average molecular weight is 390 g/mol. The van der Waals surface area contributed by atoms with Gasteiger partial charge in [0.2, 0.25) is 15.9 Å². The first-order valence-electron chi connectivity index (χ1n) is 8.01. The molecule has 0 atom stereocenters. The molecule has 0 unspecified atom stereocenters. The largest absolute Gasteiger partial charge is 0.497 e. The van der Waals surface area contributed by atoms with E-state index in [0.29, 0.717) is 5.75 Å². The third kappa shape index (κ3) is 5.08. The van der Waals surface area contributed by atoms with Crippen molar-refractivity contribution >= 4 is 27.7 Å². The Hall–Kier alpha value is -2.84. The van der Waals surface area contributed by atoms with Crippen LogP contribution in [0.15, 0.2) is 53.4 Å². The van der Waals surface area contributed by atoms with Crippen molar-refractivity contribution in [3.8, 4) is 11.5 Å². The van der Waals surface area contributed by atoms with Crippen LogP contribution in [0.4, 0.5) is 5.69 Å². The first-order chi connectivity index (χ1) is 12.8. The molecule has 0 heterocycles. The minimum Gasteiger partial charge on any atom is -0.497 e. The maximum absolute atomic E-state index is 12.3. The number of benzene rings is 2. The highest BCUT2D eigenvalue weighted by atomic mass is 32.2. The van der Waals surface area contributed by atoms with Crippen molar-refractivity contribution in [3.63, 3.8) is 0 Å². The summed E-state index contributed by atoms with van der Waals surface area (Å²) >= 11 is 0. The summed E-state index contributed by atoms with van der Waals surface area (Å²) in [6, 6.07) is 11.5. The normalized spacial score (nSPS) is 11.6. The van der Waals surface area contributed by atoms with Gasteiger partial charge in [-0.3, -0.25) is 4.79 Å². The fraction of sp³-hybridized carbons (Fsp3) is 0.211. The molecule has 0 aliphatic heterocycles. The van der Waals surface area contributed by atoms with Crippen LogP contribution in [0.3, 0.4) is 0 Å². The second-order valence-corrected chi connectivity index (χ2v) is 7.90. The average Bonchev–Trinajstić information content (AvgIpc) is 2.66. The van der Waals surface area contributed by atoms with Gasteiger partial charge in [0.1, 0.15) is 11.5 Å². The van der Waals surface area contributed by atoms with E-state index in [4.69, 9.17) is 9.47 Å². The number of carbonyl (C=O) groups excluding carboxylic acids is 1. The number of carbonyl (C=O) groups is 1. The van der Waals surface area contributed by atoms with E-state index in [9.17, 15) is 13.2 Å². The molecule has 0 aliphatic carbocycles. The number of sulfonamides is 1. The van der Waals surface area contributed by atoms with Gasteiger partial charge in [0.15, 0.2) is 0 Å². The highest BCUT2D eigenvalue weighted by Crippen LogP contribution is 2.28. The molecular weight excluding hydrogens is 368 g/mol. The Kier molecular flexibility index (Phi) is 6.59. The van der Waals surface area contributed by atoms with E-state index in [1.807, 2.05) is 12.1 Å². The maximum atomic E-state index is 12.3. The van der Waals surface area contributed by atoms with Crippen LogP contribution in [0.5, 0.6) is 11.5 Å². The zero-order valence-electron chi connectivity index (χ0n) is 15.6. The van der Waals surface area contributed by atoms with Gasteiger partial charge in [0.05, 0.1) is 24.8 Å². The zero-order valence-corrected chi connectivity index (χ0v) is 16.4. The molecule has 144 valence electrons. The van der Waals surface area contributed by atoms with Gasteiger partial charge in [-0.1, -0.05) is 12.1 Å². The Morgan fingerprint density at radius 2 is 1.70 bits per heavy atom. The van der Waals surface area contributed by atoms with Crippen molar-refractivity contribution in [2.45, 2.75) is 4.90 Å². The highest BCUT2D eigenvalue weighted by molar-refractivity contribution is 7.89. The Balaban J connectivity index is 2.21. The number of methoxy groups -OCH3 is 2. The van der Waals surface area contributed by atoms with Crippen molar-refractivity contribution in [1.29, 1.82) is 0 Å². The third-order valence-corrected chi connectivity index (χ3v) is 5.56. The molecule has 1 amide bonds. The number of amides is 1. The van der Waals surface area contributed by atoms with Crippen molar-refractivity contribution < 1.29 is 22.7 Å². The SMILES string of the molecule is COc1ccc(/C=C/C(=O)Nc2cc(S(=O)(=O)N(C)C)ccc2OC)cc1. The van der Waals surface area contributed by atoms with Crippen molar-refractivity contribution in [2.24, 2.45) is 0 Å². The van der Waals surface area contributed by atoms with Gasteiger partial charge in [-0.15, -0.1) is 0 Å². The molecule has 2 aromatic rings. The predicted octanol–water partition coefficient (Wildman–Crippen LogP) is 2.61. The van der Waals surface area contributed by atoms with E-state index in [-0.39, 0.29) is 10.6 Å². The van der Waals surface area contributed by atoms with Crippen LogP contribution in [0.1, 0.15) is 5.56 Å². The summed E-state index contributed by atoms with van der Waals surface area (Å²) in [4.78, 5) is 12.3. The minimum absolute atomic E-state index is 0.0581. The van der Waals surface area contributed by atoms with E-state index in [0.717, 1.165) is 15.6 Å². The minimum atomic E-state index is -3.63. The van der Waals surface area contributed by atoms with Crippen LogP contribution in [-0.2, 0) is 14.8 Å². The van der Waals surface area contributed by atoms with Crippen LogP contribution < -0.4 is 14.8 Å². The second-order valence-electron chi connectivity index (χ2n) is 5.75. The van der Waals surface area contributed by atoms with Gasteiger partial charge in [-0.2, -0.15) is 0 Å². The first kappa shape index (κ1) is 20.5. The van der Waals surface area contributed by atoms with Gasteiger partial charge in [0, 0.05) is 20.2 Å². The van der Waals surface area contributed by atoms with Crippen LogP contribution in [-0.4, -0.2) is 46.9 Å². The molecule has 0 radical (unpaired) electrons. The molecule has 0 fully saturated rings. The summed E-state index contributed by atoms with van der Waals surface area (Å²) in [5.74, 6) is 0.669. The fourth-order valence-corrected chi connectivity index (χ4v) is 3.15. The van der Waals surface area contributed by atoms with Gasteiger partial charge in [0.25, 0.3) is 0 Å². The topological polar surface area (TPSA) is 84.9 Å². The lowest BCUT2D eigenvalue weighted by molar-refractivity contribution is -0.111. The lowest BCUT2D eigenvalue weighted by Crippen LogP contribution is -2.22. The number of rotatable bonds is 7. The van der Waals surface area contributed by atoms with E-state index in [1.54, 1.807) is 25.3 Å². The van der Waals surface area contributed by atoms with Crippen LogP contribution in [0, 0.1) is 0 Å². The molecule has 2 aromatic carbocycles. The highest BCUT2D eigenvalue weighted by Gasteiger charge is 2.19.